The van der Waals surface area contributed by atoms with E-state index in [0.717, 1.165) is 5.56 Å². The Labute approximate surface area is 123 Å². The molecule has 1 aliphatic heterocycles. The van der Waals surface area contributed by atoms with Gasteiger partial charge in [0, 0.05) is 0 Å². The molecule has 1 amide bonds. The standard InChI is InChI=1S/C15H16ClNO3/c1-10(2)14(17-12(16)8-13(17)18)15(19)20-9-11-6-4-3-5-7-11/h3-7,12H,8-9H2,1-2H3. The van der Waals surface area contributed by atoms with Crippen LogP contribution in [0.25, 0.3) is 0 Å². The first-order valence-electron chi connectivity index (χ1n) is 6.35. The van der Waals surface area contributed by atoms with Crippen molar-refractivity contribution in [3.63, 3.8) is 0 Å². The van der Waals surface area contributed by atoms with Gasteiger partial charge in [0.05, 0.1) is 6.42 Å². The summed E-state index contributed by atoms with van der Waals surface area (Å²) < 4.78 is 5.26. The van der Waals surface area contributed by atoms with Crippen LogP contribution in [-0.2, 0) is 20.9 Å². The number of halogens is 1. The van der Waals surface area contributed by atoms with Gasteiger partial charge in [-0.15, -0.1) is 0 Å². The Morgan fingerprint density at radius 2 is 2.00 bits per heavy atom. The summed E-state index contributed by atoms with van der Waals surface area (Å²) in [5, 5.41) is 0. The molecule has 1 aromatic rings. The highest BCUT2D eigenvalue weighted by molar-refractivity contribution is 6.25. The summed E-state index contributed by atoms with van der Waals surface area (Å²) in [6.07, 6.45) is 0.254. The first-order chi connectivity index (χ1) is 9.50. The average Bonchev–Trinajstić information content (AvgIpc) is 2.43. The van der Waals surface area contributed by atoms with Crippen molar-refractivity contribution in [3.05, 3.63) is 47.2 Å². The van der Waals surface area contributed by atoms with Gasteiger partial charge in [-0.2, -0.15) is 0 Å². The topological polar surface area (TPSA) is 46.6 Å². The Morgan fingerprint density at radius 3 is 2.50 bits per heavy atom. The van der Waals surface area contributed by atoms with E-state index in [1.54, 1.807) is 13.8 Å². The van der Waals surface area contributed by atoms with Crippen LogP contribution in [0, 0.1) is 0 Å². The monoisotopic (exact) mass is 293 g/mol. The highest BCUT2D eigenvalue weighted by atomic mass is 35.5. The molecular formula is C15H16ClNO3. The molecule has 1 saturated heterocycles. The first-order valence-corrected chi connectivity index (χ1v) is 6.79. The van der Waals surface area contributed by atoms with Gasteiger partial charge in [0.1, 0.15) is 17.8 Å². The molecule has 1 aliphatic rings. The van der Waals surface area contributed by atoms with Gasteiger partial charge in [-0.25, -0.2) is 4.79 Å². The van der Waals surface area contributed by atoms with E-state index in [9.17, 15) is 9.59 Å². The van der Waals surface area contributed by atoms with Crippen LogP contribution in [0.15, 0.2) is 41.6 Å². The molecule has 1 unspecified atom stereocenters. The SMILES string of the molecule is CC(C)=C(C(=O)OCc1ccccc1)N1C(=O)CC1Cl. The fourth-order valence-electron chi connectivity index (χ4n) is 1.98. The van der Waals surface area contributed by atoms with E-state index in [1.165, 1.54) is 4.90 Å². The summed E-state index contributed by atoms with van der Waals surface area (Å²) >= 11 is 5.97. The molecule has 5 heteroatoms. The Kier molecular flexibility index (Phi) is 4.45. The number of β-lactam (4-membered cyclic amide) rings is 1. The lowest BCUT2D eigenvalue weighted by atomic mass is 10.1. The molecular weight excluding hydrogens is 278 g/mol. The fraction of sp³-hybridized carbons (Fsp3) is 0.333. The summed E-state index contributed by atoms with van der Waals surface area (Å²) in [5.41, 5.74) is 1.39. The van der Waals surface area contributed by atoms with Crippen molar-refractivity contribution < 1.29 is 14.3 Å². The zero-order valence-corrected chi connectivity index (χ0v) is 12.2. The number of hydrogen-bond donors (Lipinski definition) is 0. The lowest BCUT2D eigenvalue weighted by Crippen LogP contribution is -2.50. The number of rotatable bonds is 4. The van der Waals surface area contributed by atoms with E-state index in [-0.39, 0.29) is 24.6 Å². The number of likely N-dealkylation sites (tertiary alicyclic amines) is 1. The normalized spacial score (nSPS) is 17.4. The number of allylic oxidation sites excluding steroid dienone is 1. The van der Waals surface area contributed by atoms with E-state index in [4.69, 9.17) is 16.3 Å². The van der Waals surface area contributed by atoms with Crippen molar-refractivity contribution in [3.8, 4) is 0 Å². The quantitative estimate of drug-likeness (QED) is 0.282. The number of benzene rings is 1. The number of alkyl halides is 1. The molecule has 1 heterocycles. The van der Waals surface area contributed by atoms with Gasteiger partial charge in [-0.1, -0.05) is 41.9 Å². The van der Waals surface area contributed by atoms with Crippen LogP contribution in [-0.4, -0.2) is 22.3 Å². The summed E-state index contributed by atoms with van der Waals surface area (Å²) in [6, 6.07) is 9.38. The maximum Gasteiger partial charge on any atom is 0.355 e. The summed E-state index contributed by atoms with van der Waals surface area (Å²) in [4.78, 5) is 25.0. The number of hydrogen-bond acceptors (Lipinski definition) is 3. The van der Waals surface area contributed by atoms with Gasteiger partial charge in [0.2, 0.25) is 5.91 Å². The van der Waals surface area contributed by atoms with E-state index in [1.807, 2.05) is 30.3 Å². The highest BCUT2D eigenvalue weighted by Crippen LogP contribution is 2.30. The predicted molar refractivity (Wildman–Crippen MR) is 75.7 cm³/mol. The molecule has 0 radical (unpaired) electrons. The molecule has 0 aromatic heterocycles. The van der Waals surface area contributed by atoms with Crippen LogP contribution < -0.4 is 0 Å². The van der Waals surface area contributed by atoms with Crippen molar-refractivity contribution >= 4 is 23.5 Å². The third-order valence-electron chi connectivity index (χ3n) is 3.01. The predicted octanol–water partition coefficient (Wildman–Crippen LogP) is 2.82. The maximum atomic E-state index is 12.2. The Bertz CT molecular complexity index is 549. The van der Waals surface area contributed by atoms with Crippen LogP contribution in [0.3, 0.4) is 0 Å². The molecule has 2 rings (SSSR count). The third-order valence-corrected chi connectivity index (χ3v) is 3.36. The summed E-state index contributed by atoms with van der Waals surface area (Å²) in [7, 11) is 0. The summed E-state index contributed by atoms with van der Waals surface area (Å²) in [5.74, 6) is -0.676. The van der Waals surface area contributed by atoms with E-state index < -0.39 is 11.5 Å². The van der Waals surface area contributed by atoms with E-state index in [0.29, 0.717) is 5.57 Å². The lowest BCUT2D eigenvalue weighted by Gasteiger charge is -2.37. The molecule has 106 valence electrons. The Morgan fingerprint density at radius 1 is 1.35 bits per heavy atom. The van der Waals surface area contributed by atoms with Crippen LogP contribution in [0.4, 0.5) is 0 Å². The fourth-order valence-corrected chi connectivity index (χ4v) is 2.32. The largest absolute Gasteiger partial charge is 0.456 e. The van der Waals surface area contributed by atoms with Gasteiger partial charge in [-0.05, 0) is 25.0 Å². The number of carbonyl (C=O) groups excluding carboxylic acids is 2. The third kappa shape index (κ3) is 3.02. The van der Waals surface area contributed by atoms with Gasteiger partial charge < -0.3 is 4.74 Å². The minimum atomic E-state index is -0.521. The van der Waals surface area contributed by atoms with Crippen molar-refractivity contribution in [1.29, 1.82) is 0 Å². The van der Waals surface area contributed by atoms with E-state index >= 15 is 0 Å². The molecule has 0 N–H and O–H groups in total. The van der Waals surface area contributed by atoms with Crippen LogP contribution in [0.2, 0.25) is 0 Å². The second kappa shape index (κ2) is 6.09. The van der Waals surface area contributed by atoms with Gasteiger partial charge in [-0.3, -0.25) is 9.69 Å². The second-order valence-corrected chi connectivity index (χ2v) is 5.32. The highest BCUT2D eigenvalue weighted by Gasteiger charge is 2.40. The van der Waals surface area contributed by atoms with Crippen molar-refractivity contribution in [2.24, 2.45) is 0 Å². The number of esters is 1. The molecule has 1 atom stereocenters. The smallest absolute Gasteiger partial charge is 0.355 e. The minimum absolute atomic E-state index is 0.155. The van der Waals surface area contributed by atoms with Gasteiger partial charge in [0.25, 0.3) is 0 Å². The maximum absolute atomic E-state index is 12.2. The average molecular weight is 294 g/mol. The molecule has 0 saturated carbocycles. The van der Waals surface area contributed by atoms with Crippen molar-refractivity contribution in [2.45, 2.75) is 32.4 Å². The Balaban J connectivity index is 2.06. The number of ether oxygens (including phenoxy) is 1. The molecule has 0 spiro atoms. The molecule has 4 nitrogen and oxygen atoms in total. The van der Waals surface area contributed by atoms with Gasteiger partial charge in [0.15, 0.2) is 0 Å². The van der Waals surface area contributed by atoms with E-state index in [2.05, 4.69) is 0 Å². The molecule has 1 fully saturated rings. The molecule has 0 bridgehead atoms. The second-order valence-electron chi connectivity index (χ2n) is 4.81. The molecule has 0 aliphatic carbocycles. The van der Waals surface area contributed by atoms with Crippen LogP contribution in [0.1, 0.15) is 25.8 Å². The number of amides is 1. The first kappa shape index (κ1) is 14.6. The summed E-state index contributed by atoms with van der Waals surface area (Å²) in [6.45, 7) is 3.69. The zero-order chi connectivity index (χ0) is 14.7. The van der Waals surface area contributed by atoms with Crippen LogP contribution in [0.5, 0.6) is 0 Å². The molecule has 20 heavy (non-hydrogen) atoms. The van der Waals surface area contributed by atoms with Crippen molar-refractivity contribution in [1.82, 2.24) is 4.90 Å². The molecule has 1 aromatic carbocycles. The Hall–Kier alpha value is -1.81. The minimum Gasteiger partial charge on any atom is -0.456 e. The zero-order valence-electron chi connectivity index (χ0n) is 11.4. The lowest BCUT2D eigenvalue weighted by molar-refractivity contribution is -0.150. The van der Waals surface area contributed by atoms with Crippen LogP contribution >= 0.6 is 11.6 Å². The number of nitrogens with zero attached hydrogens (tertiary/aromatic N) is 1. The van der Waals surface area contributed by atoms with Crippen molar-refractivity contribution in [2.75, 3.05) is 0 Å². The van der Waals surface area contributed by atoms with Gasteiger partial charge >= 0.3 is 5.97 Å². The number of carbonyl (C=O) groups is 2.